The van der Waals surface area contributed by atoms with Gasteiger partial charge in [0.15, 0.2) is 0 Å². The second-order valence-electron chi connectivity index (χ2n) is 6.63. The monoisotopic (exact) mass is 198 g/mol. The lowest BCUT2D eigenvalue weighted by Gasteiger charge is -2.43. The van der Waals surface area contributed by atoms with E-state index in [0.717, 1.165) is 35.5 Å². The zero-order valence-corrected chi connectivity index (χ0v) is 9.10. The zero-order valence-electron chi connectivity index (χ0n) is 9.10. The van der Waals surface area contributed by atoms with Crippen LogP contribution in [0.1, 0.15) is 25.7 Å². The molecule has 7 bridgehead atoms. The lowest BCUT2D eigenvalue weighted by Crippen LogP contribution is -2.37. The van der Waals surface area contributed by atoms with E-state index >= 15 is 0 Å². The molecule has 0 amide bonds. The molecule has 0 heterocycles. The average Bonchev–Trinajstić information content (AvgIpc) is 2.85. The van der Waals surface area contributed by atoms with E-state index in [2.05, 4.69) is 24.3 Å². The minimum absolute atomic E-state index is 0.667. The Balaban J connectivity index is 1.79. The van der Waals surface area contributed by atoms with Gasteiger partial charge in [-0.15, -0.1) is 0 Å². The van der Waals surface area contributed by atoms with Crippen molar-refractivity contribution in [2.45, 2.75) is 25.7 Å². The summed E-state index contributed by atoms with van der Waals surface area (Å²) in [6, 6.07) is 0. The first-order chi connectivity index (χ1) is 7.40. The molecule has 0 N–H and O–H groups in total. The maximum atomic E-state index is 2.64. The van der Waals surface area contributed by atoms with Gasteiger partial charge in [-0.3, -0.25) is 0 Å². The normalized spacial score (nSPS) is 66.7. The van der Waals surface area contributed by atoms with Gasteiger partial charge in [0, 0.05) is 0 Å². The van der Waals surface area contributed by atoms with Crippen LogP contribution in [0.25, 0.3) is 0 Å². The Hall–Kier alpha value is -0.520. The topological polar surface area (TPSA) is 0 Å². The first-order valence-corrected chi connectivity index (χ1v) is 6.76. The van der Waals surface area contributed by atoms with Crippen LogP contribution in [-0.2, 0) is 0 Å². The molecule has 0 radical (unpaired) electrons. The summed E-state index contributed by atoms with van der Waals surface area (Å²) in [6.07, 6.45) is 16.3. The molecule has 0 heteroatoms. The molecular weight excluding hydrogens is 180 g/mol. The van der Waals surface area contributed by atoms with Crippen molar-refractivity contribution in [2.24, 2.45) is 40.9 Å². The highest BCUT2D eigenvalue weighted by Crippen LogP contribution is 2.78. The third-order valence-corrected chi connectivity index (χ3v) is 6.48. The quantitative estimate of drug-likeness (QED) is 0.523. The molecule has 0 aliphatic heterocycles. The van der Waals surface area contributed by atoms with Crippen LogP contribution in [0.4, 0.5) is 0 Å². The Morgan fingerprint density at radius 2 is 2.20 bits per heavy atom. The van der Waals surface area contributed by atoms with Crippen molar-refractivity contribution in [3.8, 4) is 0 Å². The van der Waals surface area contributed by atoms with Crippen molar-refractivity contribution < 1.29 is 0 Å². The van der Waals surface area contributed by atoms with Gasteiger partial charge in [-0.2, -0.15) is 0 Å². The van der Waals surface area contributed by atoms with Gasteiger partial charge in [-0.25, -0.2) is 0 Å². The summed E-state index contributed by atoms with van der Waals surface area (Å²) in [5, 5.41) is 0. The Morgan fingerprint density at radius 1 is 1.20 bits per heavy atom. The molecule has 0 nitrogen and oxygen atoms in total. The van der Waals surface area contributed by atoms with Crippen molar-refractivity contribution in [2.75, 3.05) is 0 Å². The molecule has 6 aliphatic rings. The third-order valence-electron chi connectivity index (χ3n) is 6.48. The van der Waals surface area contributed by atoms with E-state index < -0.39 is 0 Å². The molecule has 15 heavy (non-hydrogen) atoms. The third kappa shape index (κ3) is 0.621. The highest BCUT2D eigenvalue weighted by atomic mass is 14.8. The van der Waals surface area contributed by atoms with E-state index in [4.69, 9.17) is 0 Å². The summed E-state index contributed by atoms with van der Waals surface area (Å²) in [5.74, 6) is 6.31. The Labute approximate surface area is 91.4 Å². The van der Waals surface area contributed by atoms with Crippen LogP contribution in [0.2, 0.25) is 0 Å². The predicted molar refractivity (Wildman–Crippen MR) is 60.1 cm³/mol. The van der Waals surface area contributed by atoms with Crippen molar-refractivity contribution in [3.63, 3.8) is 0 Å². The van der Waals surface area contributed by atoms with Crippen LogP contribution in [0.15, 0.2) is 24.3 Å². The summed E-state index contributed by atoms with van der Waals surface area (Å²) in [5.41, 5.74) is 0.667. The lowest BCUT2D eigenvalue weighted by atomic mass is 9.61. The SMILES string of the molecule is C1=CC2C3CC(CC1)C1C3C3C=CC21C3. The second kappa shape index (κ2) is 2.12. The molecule has 6 aliphatic carbocycles. The van der Waals surface area contributed by atoms with Gasteiger partial charge in [-0.1, -0.05) is 24.3 Å². The van der Waals surface area contributed by atoms with Gasteiger partial charge >= 0.3 is 0 Å². The molecule has 0 saturated heterocycles. The fourth-order valence-electron chi connectivity index (χ4n) is 6.40. The minimum atomic E-state index is 0.667. The van der Waals surface area contributed by atoms with E-state index in [1.807, 2.05) is 0 Å². The molecule has 0 aromatic rings. The standard InChI is InChI=1S/C15H18/c1-2-4-12-11-7-9(3-1)14-13(11)10-5-6-15(12,14)8-10/h2,4-6,9-14H,1,3,7-8H2. The van der Waals surface area contributed by atoms with Crippen LogP contribution in [0, 0.1) is 40.9 Å². The van der Waals surface area contributed by atoms with E-state index in [-0.39, 0.29) is 0 Å². The Bertz CT molecular complexity index is 391. The summed E-state index contributed by atoms with van der Waals surface area (Å²) in [6.45, 7) is 0. The first-order valence-electron chi connectivity index (χ1n) is 6.76. The zero-order chi connectivity index (χ0) is 9.62. The van der Waals surface area contributed by atoms with E-state index in [9.17, 15) is 0 Å². The van der Waals surface area contributed by atoms with Gasteiger partial charge < -0.3 is 0 Å². The highest BCUT2D eigenvalue weighted by molar-refractivity contribution is 5.35. The molecule has 0 aromatic heterocycles. The van der Waals surface area contributed by atoms with Crippen LogP contribution in [-0.4, -0.2) is 0 Å². The summed E-state index contributed by atoms with van der Waals surface area (Å²) < 4.78 is 0. The van der Waals surface area contributed by atoms with Crippen molar-refractivity contribution in [1.29, 1.82) is 0 Å². The Morgan fingerprint density at radius 3 is 3.20 bits per heavy atom. The maximum absolute atomic E-state index is 2.64. The van der Waals surface area contributed by atoms with Gasteiger partial charge in [0.05, 0.1) is 0 Å². The van der Waals surface area contributed by atoms with Gasteiger partial charge in [0.1, 0.15) is 0 Å². The van der Waals surface area contributed by atoms with Crippen LogP contribution < -0.4 is 0 Å². The molecule has 78 valence electrons. The van der Waals surface area contributed by atoms with E-state index in [0.29, 0.717) is 5.41 Å². The number of allylic oxidation sites excluding steroid dienone is 4. The van der Waals surface area contributed by atoms with Crippen LogP contribution >= 0.6 is 0 Å². The number of hydrogen-bond acceptors (Lipinski definition) is 0. The van der Waals surface area contributed by atoms with E-state index in [1.54, 1.807) is 6.42 Å². The lowest BCUT2D eigenvalue weighted by molar-refractivity contribution is 0.109. The summed E-state index contributed by atoms with van der Waals surface area (Å²) >= 11 is 0. The smallest absolute Gasteiger partial charge is 0.00131 e. The maximum Gasteiger partial charge on any atom is -0.00131 e. The van der Waals surface area contributed by atoms with Gasteiger partial charge in [0.2, 0.25) is 0 Å². The van der Waals surface area contributed by atoms with Crippen molar-refractivity contribution in [3.05, 3.63) is 24.3 Å². The van der Waals surface area contributed by atoms with Crippen molar-refractivity contribution in [1.82, 2.24) is 0 Å². The van der Waals surface area contributed by atoms with Gasteiger partial charge in [-0.05, 0) is 66.6 Å². The van der Waals surface area contributed by atoms with Crippen molar-refractivity contribution >= 4 is 0 Å². The van der Waals surface area contributed by atoms with E-state index in [1.165, 1.54) is 19.3 Å². The molecule has 6 rings (SSSR count). The molecule has 7 unspecified atom stereocenters. The van der Waals surface area contributed by atoms with Crippen LogP contribution in [0.3, 0.4) is 0 Å². The highest BCUT2D eigenvalue weighted by Gasteiger charge is 2.72. The first kappa shape index (κ1) is 7.70. The fraction of sp³-hybridized carbons (Fsp3) is 0.733. The molecule has 3 saturated carbocycles. The fourth-order valence-corrected chi connectivity index (χ4v) is 6.40. The predicted octanol–water partition coefficient (Wildman–Crippen LogP) is 3.41. The summed E-state index contributed by atoms with van der Waals surface area (Å²) in [4.78, 5) is 0. The van der Waals surface area contributed by atoms with Gasteiger partial charge in [0.25, 0.3) is 0 Å². The summed E-state index contributed by atoms with van der Waals surface area (Å²) in [7, 11) is 0. The number of hydrogen-bond donors (Lipinski definition) is 0. The molecule has 0 aromatic carbocycles. The molecular formula is C15H18. The number of rotatable bonds is 0. The molecule has 1 spiro atoms. The average molecular weight is 198 g/mol. The largest absolute Gasteiger partial charge is 0.0882 e. The second-order valence-corrected chi connectivity index (χ2v) is 6.63. The number of fused-ring (bicyclic) bond motifs is 3. The molecule has 7 atom stereocenters. The van der Waals surface area contributed by atoms with Crippen LogP contribution in [0.5, 0.6) is 0 Å². The Kier molecular flexibility index (Phi) is 1.09. The minimum Gasteiger partial charge on any atom is -0.0882 e. The molecule has 3 fully saturated rings.